The van der Waals surface area contributed by atoms with E-state index in [4.69, 9.17) is 20.3 Å². The summed E-state index contributed by atoms with van der Waals surface area (Å²) in [4.78, 5) is 0. The van der Waals surface area contributed by atoms with Crippen molar-refractivity contribution in [2.45, 2.75) is 0 Å². The Morgan fingerprint density at radius 2 is 1.50 bits per heavy atom. The van der Waals surface area contributed by atoms with E-state index in [0.717, 1.165) is 0 Å². The third-order valence-electron chi connectivity index (χ3n) is 0.903. The Hall–Kier alpha value is -1.35. The maximum atomic E-state index is 8.29. The van der Waals surface area contributed by atoms with Crippen LogP contribution in [0.5, 0.6) is 0 Å². The molecule has 1 aromatic carbocycles. The Bertz CT molecular complexity index is 242. The van der Waals surface area contributed by atoms with Crippen molar-refractivity contribution in [2.75, 3.05) is 0 Å². The molecule has 0 aliphatic rings. The van der Waals surface area contributed by atoms with Gasteiger partial charge in [-0.2, -0.15) is 5.26 Å². The minimum absolute atomic E-state index is 0.715. The zero-order valence-electron chi connectivity index (χ0n) is 6.25. The molecule has 0 heterocycles. The van der Waals surface area contributed by atoms with Gasteiger partial charge >= 0.3 is 7.32 Å². The summed E-state index contributed by atoms with van der Waals surface area (Å²) in [6, 6.07) is 11.2. The molecule has 0 aliphatic carbocycles. The van der Waals surface area contributed by atoms with E-state index >= 15 is 0 Å². The molecule has 0 unspecified atom stereocenters. The van der Waals surface area contributed by atoms with Crippen LogP contribution < -0.4 is 0 Å². The summed E-state index contributed by atoms with van der Waals surface area (Å²) in [6.07, 6.45) is 0. The Morgan fingerprint density at radius 3 is 1.75 bits per heavy atom. The summed E-state index contributed by atoms with van der Waals surface area (Å²) in [5.74, 6) is 0. The van der Waals surface area contributed by atoms with Gasteiger partial charge in [0.25, 0.3) is 0 Å². The second-order valence-electron chi connectivity index (χ2n) is 1.82. The van der Waals surface area contributed by atoms with Crippen LogP contribution in [0.25, 0.3) is 0 Å². The topological polar surface area (TPSA) is 84.5 Å². The molecule has 0 saturated carbocycles. The molecule has 1 aromatic rings. The van der Waals surface area contributed by atoms with Crippen LogP contribution in [0.4, 0.5) is 0 Å². The minimum atomic E-state index is -2.17. The van der Waals surface area contributed by atoms with E-state index < -0.39 is 7.32 Å². The monoisotopic (exact) mass is 165 g/mol. The molecule has 0 atom stereocenters. The molecular formula is C7H8BNO3. The van der Waals surface area contributed by atoms with Crippen LogP contribution in [-0.4, -0.2) is 22.4 Å². The zero-order chi connectivity index (χ0) is 9.40. The summed E-state index contributed by atoms with van der Waals surface area (Å²) >= 11 is 0. The molecule has 62 valence electrons. The van der Waals surface area contributed by atoms with Gasteiger partial charge in [-0.3, -0.25) is 0 Å². The summed E-state index contributed by atoms with van der Waals surface area (Å²) in [5, 5.41) is 29.8. The standard InChI is InChI=1S/C7H5N.BH3O3/c8-6-7-4-2-1-3-5-7;2-1(3)4/h1-5H;2-4H. The molecule has 5 heteroatoms. The Labute approximate surface area is 70.5 Å². The van der Waals surface area contributed by atoms with E-state index in [-0.39, 0.29) is 0 Å². The maximum Gasteiger partial charge on any atom is 0.631 e. The third kappa shape index (κ3) is 6.77. The first-order valence-corrected chi connectivity index (χ1v) is 3.16. The Kier molecular flexibility index (Phi) is 5.66. The number of nitriles is 1. The van der Waals surface area contributed by atoms with Gasteiger partial charge in [0.2, 0.25) is 0 Å². The van der Waals surface area contributed by atoms with Gasteiger partial charge in [0.05, 0.1) is 11.6 Å². The highest BCUT2D eigenvalue weighted by atomic mass is 16.5. The van der Waals surface area contributed by atoms with E-state index in [2.05, 4.69) is 0 Å². The zero-order valence-corrected chi connectivity index (χ0v) is 6.25. The highest BCUT2D eigenvalue weighted by molar-refractivity contribution is 6.30. The van der Waals surface area contributed by atoms with Crippen LogP contribution >= 0.6 is 0 Å². The van der Waals surface area contributed by atoms with E-state index in [1.807, 2.05) is 24.3 Å². The molecule has 0 bridgehead atoms. The molecule has 0 aliphatic heterocycles. The average molecular weight is 165 g/mol. The molecule has 12 heavy (non-hydrogen) atoms. The highest BCUT2D eigenvalue weighted by Gasteiger charge is 1.92. The van der Waals surface area contributed by atoms with Gasteiger partial charge in [-0.05, 0) is 12.1 Å². The van der Waals surface area contributed by atoms with Crippen molar-refractivity contribution < 1.29 is 15.1 Å². The third-order valence-corrected chi connectivity index (χ3v) is 0.903. The maximum absolute atomic E-state index is 8.29. The van der Waals surface area contributed by atoms with Crippen molar-refractivity contribution in [3.63, 3.8) is 0 Å². The highest BCUT2D eigenvalue weighted by Crippen LogP contribution is 1.92. The molecule has 0 fully saturated rings. The first-order valence-electron chi connectivity index (χ1n) is 3.16. The Balaban J connectivity index is 0.000000261. The fourth-order valence-electron chi connectivity index (χ4n) is 0.513. The normalized spacial score (nSPS) is 7.50. The van der Waals surface area contributed by atoms with Crippen LogP contribution in [0.3, 0.4) is 0 Å². The average Bonchev–Trinajstić information content (AvgIpc) is 2.05. The first-order chi connectivity index (χ1) is 5.66. The lowest BCUT2D eigenvalue weighted by molar-refractivity contribution is 0.278. The molecule has 0 aromatic heterocycles. The molecule has 0 radical (unpaired) electrons. The van der Waals surface area contributed by atoms with Crippen LogP contribution in [0.15, 0.2) is 30.3 Å². The van der Waals surface area contributed by atoms with Gasteiger partial charge in [-0.25, -0.2) is 0 Å². The summed E-state index contributed by atoms with van der Waals surface area (Å²) in [7, 11) is -2.17. The molecule has 3 N–H and O–H groups in total. The fourth-order valence-corrected chi connectivity index (χ4v) is 0.513. The number of hydrogen-bond donors (Lipinski definition) is 3. The fraction of sp³-hybridized carbons (Fsp3) is 0. The van der Waals surface area contributed by atoms with Crippen molar-refractivity contribution in [3.8, 4) is 6.07 Å². The van der Waals surface area contributed by atoms with E-state index in [1.165, 1.54) is 0 Å². The predicted octanol–water partition coefficient (Wildman–Crippen LogP) is -0.494. The SMILES string of the molecule is N#Cc1ccccc1.OB(O)O. The number of benzene rings is 1. The molecule has 4 nitrogen and oxygen atoms in total. The van der Waals surface area contributed by atoms with Gasteiger partial charge in [-0.15, -0.1) is 0 Å². The van der Waals surface area contributed by atoms with E-state index in [1.54, 1.807) is 12.1 Å². The van der Waals surface area contributed by atoms with Gasteiger partial charge < -0.3 is 15.1 Å². The second kappa shape index (κ2) is 6.37. The predicted molar refractivity (Wildman–Crippen MR) is 43.6 cm³/mol. The van der Waals surface area contributed by atoms with Gasteiger partial charge in [0.1, 0.15) is 0 Å². The van der Waals surface area contributed by atoms with Crippen LogP contribution in [0.1, 0.15) is 5.56 Å². The quantitative estimate of drug-likeness (QED) is 0.452. The molecule has 0 spiro atoms. The molecule has 1 rings (SSSR count). The largest absolute Gasteiger partial charge is 0.631 e. The van der Waals surface area contributed by atoms with E-state index in [9.17, 15) is 0 Å². The van der Waals surface area contributed by atoms with Crippen LogP contribution in [0.2, 0.25) is 0 Å². The lowest BCUT2D eigenvalue weighted by Crippen LogP contribution is -2.07. The van der Waals surface area contributed by atoms with Crippen molar-refractivity contribution in [1.82, 2.24) is 0 Å². The van der Waals surface area contributed by atoms with Gasteiger partial charge in [-0.1, -0.05) is 18.2 Å². The summed E-state index contributed by atoms with van der Waals surface area (Å²) in [5.41, 5.74) is 0.715. The van der Waals surface area contributed by atoms with Crippen molar-refractivity contribution >= 4 is 7.32 Å². The lowest BCUT2D eigenvalue weighted by Gasteiger charge is -1.80. The van der Waals surface area contributed by atoms with Gasteiger partial charge in [0.15, 0.2) is 0 Å². The van der Waals surface area contributed by atoms with Crippen molar-refractivity contribution in [3.05, 3.63) is 35.9 Å². The number of nitrogens with zero attached hydrogens (tertiary/aromatic N) is 1. The summed E-state index contributed by atoms with van der Waals surface area (Å²) in [6.45, 7) is 0. The van der Waals surface area contributed by atoms with Crippen molar-refractivity contribution in [2.24, 2.45) is 0 Å². The molecule has 0 saturated heterocycles. The first kappa shape index (κ1) is 10.7. The second-order valence-corrected chi connectivity index (χ2v) is 1.82. The van der Waals surface area contributed by atoms with Gasteiger partial charge in [0, 0.05) is 0 Å². The van der Waals surface area contributed by atoms with Crippen molar-refractivity contribution in [1.29, 1.82) is 5.26 Å². The smallest absolute Gasteiger partial charge is 0.402 e. The lowest BCUT2D eigenvalue weighted by atomic mass is 10.2. The Morgan fingerprint density at radius 1 is 1.08 bits per heavy atom. The number of hydrogen-bond acceptors (Lipinski definition) is 4. The molecule has 0 amide bonds. The summed E-state index contributed by atoms with van der Waals surface area (Å²) < 4.78 is 0. The van der Waals surface area contributed by atoms with Crippen LogP contribution in [0, 0.1) is 11.3 Å². The minimum Gasteiger partial charge on any atom is -0.402 e. The van der Waals surface area contributed by atoms with Crippen LogP contribution in [-0.2, 0) is 0 Å². The van der Waals surface area contributed by atoms with E-state index in [0.29, 0.717) is 5.56 Å². The number of rotatable bonds is 0. The molecular weight excluding hydrogens is 157 g/mol.